The molecule has 1 aliphatic carbocycles. The Morgan fingerprint density at radius 2 is 1.95 bits per heavy atom. The summed E-state index contributed by atoms with van der Waals surface area (Å²) in [6, 6.07) is 5.33. The van der Waals surface area contributed by atoms with Crippen LogP contribution in [0.15, 0.2) is 12.1 Å². The van der Waals surface area contributed by atoms with Crippen molar-refractivity contribution in [3.8, 4) is 0 Å². The summed E-state index contributed by atoms with van der Waals surface area (Å²) in [5.74, 6) is 1.01. The van der Waals surface area contributed by atoms with E-state index in [1.54, 1.807) is 4.88 Å². The predicted octanol–water partition coefficient (Wildman–Crippen LogP) is 3.65. The highest BCUT2D eigenvalue weighted by atomic mass is 35.5. The molecular weight excluding hydrogens is 299 g/mol. The summed E-state index contributed by atoms with van der Waals surface area (Å²) in [6.45, 7) is 6.97. The SMILES string of the molecule is Cc1ccc([C@H](CC2CC2)N2CCNCC2)s1.Cl.Cl. The number of aryl methyl sites for hydroxylation is 1. The van der Waals surface area contributed by atoms with Gasteiger partial charge in [-0.3, -0.25) is 4.90 Å². The second kappa shape index (κ2) is 7.84. The number of nitrogens with zero attached hydrogens (tertiary/aromatic N) is 1. The van der Waals surface area contributed by atoms with Gasteiger partial charge in [-0.05, 0) is 31.4 Å². The number of thiophene rings is 1. The number of hydrogen-bond donors (Lipinski definition) is 1. The Balaban J connectivity index is 0.000000902. The summed E-state index contributed by atoms with van der Waals surface area (Å²) in [5.41, 5.74) is 0. The minimum absolute atomic E-state index is 0. The normalized spacial score (nSPS) is 21.3. The zero-order valence-corrected chi connectivity index (χ0v) is 13.9. The first kappa shape index (κ1) is 17.3. The second-order valence-electron chi connectivity index (χ2n) is 5.43. The van der Waals surface area contributed by atoms with Crippen LogP contribution in [0.2, 0.25) is 0 Å². The molecule has 0 aromatic carbocycles. The fourth-order valence-electron chi connectivity index (χ4n) is 2.74. The minimum Gasteiger partial charge on any atom is -0.314 e. The average molecular weight is 323 g/mol. The Morgan fingerprint density at radius 1 is 1.26 bits per heavy atom. The fraction of sp³-hybridized carbons (Fsp3) is 0.714. The summed E-state index contributed by atoms with van der Waals surface area (Å²) >= 11 is 2.00. The van der Waals surface area contributed by atoms with Gasteiger partial charge in [0.25, 0.3) is 0 Å². The third-order valence-electron chi connectivity index (χ3n) is 3.94. The van der Waals surface area contributed by atoms with E-state index < -0.39 is 0 Å². The van der Waals surface area contributed by atoms with Crippen LogP contribution in [0.25, 0.3) is 0 Å². The molecule has 1 aliphatic heterocycles. The highest BCUT2D eigenvalue weighted by Gasteiger charge is 2.30. The van der Waals surface area contributed by atoms with Crippen molar-refractivity contribution in [2.75, 3.05) is 26.2 Å². The quantitative estimate of drug-likeness (QED) is 0.910. The van der Waals surface area contributed by atoms with E-state index in [0.717, 1.165) is 19.0 Å². The highest BCUT2D eigenvalue weighted by Crippen LogP contribution is 2.41. The van der Waals surface area contributed by atoms with Gasteiger partial charge in [-0.1, -0.05) is 12.8 Å². The topological polar surface area (TPSA) is 15.3 Å². The van der Waals surface area contributed by atoms with Crippen LogP contribution < -0.4 is 5.32 Å². The number of rotatable bonds is 4. The molecule has 19 heavy (non-hydrogen) atoms. The molecule has 0 radical (unpaired) electrons. The molecule has 1 aromatic rings. The molecule has 2 heterocycles. The van der Waals surface area contributed by atoms with Gasteiger partial charge in [0.1, 0.15) is 0 Å². The van der Waals surface area contributed by atoms with Crippen molar-refractivity contribution in [2.24, 2.45) is 5.92 Å². The van der Waals surface area contributed by atoms with Gasteiger partial charge in [-0.15, -0.1) is 36.2 Å². The number of piperazine rings is 1. The molecule has 1 atom stereocenters. The Labute approximate surface area is 132 Å². The van der Waals surface area contributed by atoms with E-state index >= 15 is 0 Å². The van der Waals surface area contributed by atoms with Gasteiger partial charge in [-0.2, -0.15) is 0 Å². The molecule has 0 unspecified atom stereocenters. The summed E-state index contributed by atoms with van der Waals surface area (Å²) in [6.07, 6.45) is 4.32. The summed E-state index contributed by atoms with van der Waals surface area (Å²) in [4.78, 5) is 5.74. The first-order chi connectivity index (χ1) is 8.33. The summed E-state index contributed by atoms with van der Waals surface area (Å²) < 4.78 is 0. The molecule has 1 aromatic heterocycles. The Morgan fingerprint density at radius 3 is 2.47 bits per heavy atom. The van der Waals surface area contributed by atoms with Crippen molar-refractivity contribution in [3.63, 3.8) is 0 Å². The maximum Gasteiger partial charge on any atom is 0.0445 e. The largest absolute Gasteiger partial charge is 0.314 e. The van der Waals surface area contributed by atoms with Crippen LogP contribution in [-0.2, 0) is 0 Å². The lowest BCUT2D eigenvalue weighted by Crippen LogP contribution is -2.45. The number of nitrogens with one attached hydrogen (secondary N) is 1. The third-order valence-corrected chi connectivity index (χ3v) is 5.04. The monoisotopic (exact) mass is 322 g/mol. The molecule has 5 heteroatoms. The van der Waals surface area contributed by atoms with Crippen molar-refractivity contribution < 1.29 is 0 Å². The molecule has 0 bridgehead atoms. The Kier molecular flexibility index (Phi) is 7.12. The lowest BCUT2D eigenvalue weighted by Gasteiger charge is -2.34. The van der Waals surface area contributed by atoms with E-state index in [9.17, 15) is 0 Å². The average Bonchev–Trinajstić information content (AvgIpc) is 3.08. The first-order valence-corrected chi connectivity index (χ1v) is 7.65. The fourth-order valence-corrected chi connectivity index (χ4v) is 3.77. The van der Waals surface area contributed by atoms with Gasteiger partial charge in [0.15, 0.2) is 0 Å². The third kappa shape index (κ3) is 4.61. The Hall–Kier alpha value is 0.200. The highest BCUT2D eigenvalue weighted by molar-refractivity contribution is 7.12. The zero-order chi connectivity index (χ0) is 11.7. The van der Waals surface area contributed by atoms with Crippen LogP contribution in [0.3, 0.4) is 0 Å². The van der Waals surface area contributed by atoms with Gasteiger partial charge in [0.05, 0.1) is 0 Å². The van der Waals surface area contributed by atoms with Crippen LogP contribution in [0, 0.1) is 12.8 Å². The summed E-state index contributed by atoms with van der Waals surface area (Å²) in [7, 11) is 0. The lowest BCUT2D eigenvalue weighted by molar-refractivity contribution is 0.163. The molecule has 1 N–H and O–H groups in total. The lowest BCUT2D eigenvalue weighted by atomic mass is 10.1. The van der Waals surface area contributed by atoms with Crippen LogP contribution in [-0.4, -0.2) is 31.1 Å². The zero-order valence-electron chi connectivity index (χ0n) is 11.4. The molecule has 0 spiro atoms. The van der Waals surface area contributed by atoms with Gasteiger partial charge in [-0.25, -0.2) is 0 Å². The molecule has 0 amide bonds. The molecule has 2 aliphatic rings. The molecule has 2 nitrogen and oxygen atoms in total. The van der Waals surface area contributed by atoms with E-state index in [1.807, 2.05) is 11.3 Å². The van der Waals surface area contributed by atoms with E-state index in [0.29, 0.717) is 6.04 Å². The number of hydrogen-bond acceptors (Lipinski definition) is 3. The van der Waals surface area contributed by atoms with Crippen molar-refractivity contribution in [1.82, 2.24) is 10.2 Å². The number of halogens is 2. The molecule has 110 valence electrons. The molecule has 1 saturated carbocycles. The van der Waals surface area contributed by atoms with Gasteiger partial charge in [0.2, 0.25) is 0 Å². The minimum atomic E-state index is 0. The maximum absolute atomic E-state index is 3.46. The summed E-state index contributed by atoms with van der Waals surface area (Å²) in [5, 5.41) is 3.46. The van der Waals surface area contributed by atoms with E-state index in [4.69, 9.17) is 0 Å². The van der Waals surface area contributed by atoms with E-state index in [2.05, 4.69) is 29.3 Å². The molecule has 3 rings (SSSR count). The van der Waals surface area contributed by atoms with Crippen molar-refractivity contribution in [1.29, 1.82) is 0 Å². The smallest absolute Gasteiger partial charge is 0.0445 e. The predicted molar refractivity (Wildman–Crippen MR) is 88.1 cm³/mol. The van der Waals surface area contributed by atoms with Crippen LogP contribution in [0.1, 0.15) is 35.1 Å². The van der Waals surface area contributed by atoms with Crippen LogP contribution in [0.5, 0.6) is 0 Å². The van der Waals surface area contributed by atoms with E-state index in [1.165, 1.54) is 37.2 Å². The van der Waals surface area contributed by atoms with Crippen LogP contribution in [0.4, 0.5) is 0 Å². The second-order valence-corrected chi connectivity index (χ2v) is 6.75. The van der Waals surface area contributed by atoms with Gasteiger partial charge < -0.3 is 5.32 Å². The molecule has 2 fully saturated rings. The Bertz CT molecular complexity index is 373. The van der Waals surface area contributed by atoms with Crippen molar-refractivity contribution in [3.05, 3.63) is 21.9 Å². The van der Waals surface area contributed by atoms with Crippen LogP contribution >= 0.6 is 36.2 Å². The molecular formula is C14H24Cl2N2S. The molecule has 1 saturated heterocycles. The van der Waals surface area contributed by atoms with Gasteiger partial charge in [0, 0.05) is 42.0 Å². The standard InChI is InChI=1S/C14H22N2S.2ClH/c1-11-2-5-14(17-11)13(10-12-3-4-12)16-8-6-15-7-9-16;;/h2,5,12-13,15H,3-4,6-10H2,1H3;2*1H/t13-;;/m0../s1. The van der Waals surface area contributed by atoms with Crippen molar-refractivity contribution >= 4 is 36.2 Å². The van der Waals surface area contributed by atoms with E-state index in [-0.39, 0.29) is 24.8 Å². The maximum atomic E-state index is 3.46. The van der Waals surface area contributed by atoms with Crippen molar-refractivity contribution in [2.45, 2.75) is 32.2 Å². The first-order valence-electron chi connectivity index (χ1n) is 6.84. The van der Waals surface area contributed by atoms with Gasteiger partial charge >= 0.3 is 0 Å².